The third kappa shape index (κ3) is 3.55. The number of hydrogen-bond acceptors (Lipinski definition) is 3. The van der Waals surface area contributed by atoms with Gasteiger partial charge in [-0.3, -0.25) is 4.79 Å². The minimum absolute atomic E-state index is 0.263. The second-order valence-electron chi connectivity index (χ2n) is 5.80. The normalized spacial score (nSPS) is 17.9. The SMILES string of the molecule is Cc1ccc(SCC(=O)N2CCCC2c2ccc(C)s2)cc1. The van der Waals surface area contributed by atoms with Crippen LogP contribution < -0.4 is 0 Å². The number of hydrogen-bond donors (Lipinski definition) is 0. The summed E-state index contributed by atoms with van der Waals surface area (Å²) < 4.78 is 0. The molecule has 1 atom stereocenters. The van der Waals surface area contributed by atoms with Crippen molar-refractivity contribution >= 4 is 29.0 Å². The predicted octanol–water partition coefficient (Wildman–Crippen LogP) is 4.82. The maximum atomic E-state index is 12.6. The van der Waals surface area contributed by atoms with Gasteiger partial charge in [-0.25, -0.2) is 0 Å². The van der Waals surface area contributed by atoms with Gasteiger partial charge in [-0.15, -0.1) is 23.1 Å². The molecule has 3 rings (SSSR count). The number of carbonyl (C=O) groups is 1. The zero-order valence-corrected chi connectivity index (χ0v) is 14.7. The Bertz CT molecular complexity index is 647. The Labute approximate surface area is 140 Å². The lowest BCUT2D eigenvalue weighted by molar-refractivity contribution is -0.129. The fraction of sp³-hybridized carbons (Fsp3) is 0.389. The van der Waals surface area contributed by atoms with Crippen LogP contribution in [0.5, 0.6) is 0 Å². The van der Waals surface area contributed by atoms with Crippen molar-refractivity contribution in [2.75, 3.05) is 12.3 Å². The lowest BCUT2D eigenvalue weighted by Crippen LogP contribution is -2.31. The Morgan fingerprint density at radius 3 is 2.68 bits per heavy atom. The highest BCUT2D eigenvalue weighted by Gasteiger charge is 2.30. The van der Waals surface area contributed by atoms with E-state index in [1.165, 1.54) is 20.2 Å². The van der Waals surface area contributed by atoms with Gasteiger partial charge in [0.05, 0.1) is 11.8 Å². The van der Waals surface area contributed by atoms with Gasteiger partial charge in [-0.1, -0.05) is 17.7 Å². The number of aryl methyl sites for hydroxylation is 2. The molecule has 2 aromatic rings. The van der Waals surface area contributed by atoms with Gasteiger partial charge >= 0.3 is 0 Å². The number of amides is 1. The highest BCUT2D eigenvalue weighted by atomic mass is 32.2. The van der Waals surface area contributed by atoms with Gasteiger partial charge < -0.3 is 4.90 Å². The van der Waals surface area contributed by atoms with Gasteiger partial charge in [0, 0.05) is 21.2 Å². The Morgan fingerprint density at radius 1 is 1.23 bits per heavy atom. The van der Waals surface area contributed by atoms with Crippen molar-refractivity contribution in [3.8, 4) is 0 Å². The zero-order chi connectivity index (χ0) is 15.5. The summed E-state index contributed by atoms with van der Waals surface area (Å²) in [6, 6.07) is 13.0. The number of thioether (sulfide) groups is 1. The lowest BCUT2D eigenvalue weighted by atomic mass is 10.2. The van der Waals surface area contributed by atoms with E-state index in [-0.39, 0.29) is 5.91 Å². The van der Waals surface area contributed by atoms with Crippen LogP contribution in [0.2, 0.25) is 0 Å². The molecule has 0 spiro atoms. The molecule has 0 saturated carbocycles. The van der Waals surface area contributed by atoms with Crippen LogP contribution in [0.4, 0.5) is 0 Å². The highest BCUT2D eigenvalue weighted by Crippen LogP contribution is 2.36. The maximum absolute atomic E-state index is 12.6. The first-order chi connectivity index (χ1) is 10.6. The molecule has 0 aliphatic carbocycles. The largest absolute Gasteiger partial charge is 0.334 e. The first-order valence-electron chi connectivity index (χ1n) is 7.69. The number of rotatable bonds is 4. The third-order valence-electron chi connectivity index (χ3n) is 4.05. The number of carbonyl (C=O) groups excluding carboxylic acids is 1. The third-order valence-corrected chi connectivity index (χ3v) is 6.14. The molecular formula is C18H21NOS2. The summed E-state index contributed by atoms with van der Waals surface area (Å²) in [5.41, 5.74) is 1.25. The van der Waals surface area contributed by atoms with E-state index < -0.39 is 0 Å². The first-order valence-corrected chi connectivity index (χ1v) is 9.49. The molecule has 1 aliphatic rings. The Kier molecular flexibility index (Phi) is 4.89. The molecule has 1 aromatic carbocycles. The molecule has 1 amide bonds. The average Bonchev–Trinajstić information content (AvgIpc) is 3.14. The van der Waals surface area contributed by atoms with Crippen molar-refractivity contribution in [3.63, 3.8) is 0 Å². The van der Waals surface area contributed by atoms with E-state index in [4.69, 9.17) is 0 Å². The van der Waals surface area contributed by atoms with Gasteiger partial charge in [0.25, 0.3) is 0 Å². The quantitative estimate of drug-likeness (QED) is 0.749. The zero-order valence-electron chi connectivity index (χ0n) is 13.0. The van der Waals surface area contributed by atoms with E-state index in [1.54, 1.807) is 11.8 Å². The Balaban J connectivity index is 1.62. The molecule has 1 aromatic heterocycles. The molecular weight excluding hydrogens is 310 g/mol. The molecule has 1 unspecified atom stereocenters. The monoisotopic (exact) mass is 331 g/mol. The van der Waals surface area contributed by atoms with E-state index in [2.05, 4.69) is 55.1 Å². The van der Waals surface area contributed by atoms with E-state index in [9.17, 15) is 4.79 Å². The lowest BCUT2D eigenvalue weighted by Gasteiger charge is -2.23. The van der Waals surface area contributed by atoms with Gasteiger partial charge in [-0.05, 0) is 51.0 Å². The molecule has 116 valence electrons. The van der Waals surface area contributed by atoms with Crippen LogP contribution in [-0.4, -0.2) is 23.1 Å². The second-order valence-corrected chi connectivity index (χ2v) is 8.16. The average molecular weight is 332 g/mol. The molecule has 0 N–H and O–H groups in total. The maximum Gasteiger partial charge on any atom is 0.233 e. The van der Waals surface area contributed by atoms with Crippen LogP contribution in [0.15, 0.2) is 41.3 Å². The molecule has 1 aliphatic heterocycles. The Hall–Kier alpha value is -1.26. The van der Waals surface area contributed by atoms with Gasteiger partial charge in [0.15, 0.2) is 0 Å². The number of likely N-dealkylation sites (tertiary alicyclic amines) is 1. The van der Waals surface area contributed by atoms with Crippen LogP contribution >= 0.6 is 23.1 Å². The van der Waals surface area contributed by atoms with E-state index in [1.807, 2.05) is 11.3 Å². The fourth-order valence-electron chi connectivity index (χ4n) is 2.86. The van der Waals surface area contributed by atoms with Crippen molar-refractivity contribution < 1.29 is 4.79 Å². The van der Waals surface area contributed by atoms with E-state index in [0.29, 0.717) is 11.8 Å². The van der Waals surface area contributed by atoms with Crippen LogP contribution in [0.3, 0.4) is 0 Å². The number of thiophene rings is 1. The van der Waals surface area contributed by atoms with Gasteiger partial charge in [0.2, 0.25) is 5.91 Å². The van der Waals surface area contributed by atoms with E-state index >= 15 is 0 Å². The minimum Gasteiger partial charge on any atom is -0.334 e. The number of nitrogens with zero attached hydrogens (tertiary/aromatic N) is 1. The topological polar surface area (TPSA) is 20.3 Å². The van der Waals surface area contributed by atoms with Crippen molar-refractivity contribution in [1.29, 1.82) is 0 Å². The van der Waals surface area contributed by atoms with Crippen molar-refractivity contribution in [1.82, 2.24) is 4.90 Å². The summed E-state index contributed by atoms with van der Waals surface area (Å²) in [5.74, 6) is 0.795. The highest BCUT2D eigenvalue weighted by molar-refractivity contribution is 8.00. The Morgan fingerprint density at radius 2 is 2.00 bits per heavy atom. The number of benzene rings is 1. The summed E-state index contributed by atoms with van der Waals surface area (Å²) in [6.07, 6.45) is 2.21. The fourth-order valence-corrected chi connectivity index (χ4v) is 4.67. The minimum atomic E-state index is 0.263. The smallest absolute Gasteiger partial charge is 0.233 e. The second kappa shape index (κ2) is 6.88. The van der Waals surface area contributed by atoms with Gasteiger partial charge in [-0.2, -0.15) is 0 Å². The molecule has 2 heterocycles. The van der Waals surface area contributed by atoms with Crippen molar-refractivity contribution in [2.45, 2.75) is 37.6 Å². The molecule has 0 radical (unpaired) electrons. The van der Waals surface area contributed by atoms with Crippen LogP contribution in [0.25, 0.3) is 0 Å². The molecule has 2 nitrogen and oxygen atoms in total. The molecule has 0 bridgehead atoms. The molecule has 22 heavy (non-hydrogen) atoms. The summed E-state index contributed by atoms with van der Waals surface area (Å²) in [7, 11) is 0. The molecule has 1 fully saturated rings. The van der Waals surface area contributed by atoms with Gasteiger partial charge in [0.1, 0.15) is 0 Å². The standard InChI is InChI=1S/C18H21NOS2/c1-13-5-8-15(9-6-13)21-12-18(20)19-11-3-4-16(19)17-10-7-14(2)22-17/h5-10,16H,3-4,11-12H2,1-2H3. The summed E-state index contributed by atoms with van der Waals surface area (Å²) in [6.45, 7) is 5.11. The van der Waals surface area contributed by atoms with Crippen LogP contribution in [-0.2, 0) is 4.79 Å². The summed E-state index contributed by atoms with van der Waals surface area (Å²) in [4.78, 5) is 18.5. The van der Waals surface area contributed by atoms with E-state index in [0.717, 1.165) is 19.4 Å². The molecule has 1 saturated heterocycles. The van der Waals surface area contributed by atoms with Crippen molar-refractivity contribution in [2.24, 2.45) is 0 Å². The van der Waals surface area contributed by atoms with Crippen LogP contribution in [0, 0.1) is 13.8 Å². The molecule has 4 heteroatoms. The predicted molar refractivity (Wildman–Crippen MR) is 94.6 cm³/mol. The summed E-state index contributed by atoms with van der Waals surface area (Å²) in [5, 5.41) is 0. The summed E-state index contributed by atoms with van der Waals surface area (Å²) >= 11 is 3.46. The van der Waals surface area contributed by atoms with Crippen molar-refractivity contribution in [3.05, 3.63) is 51.7 Å². The first kappa shape index (κ1) is 15.6. The van der Waals surface area contributed by atoms with Crippen LogP contribution in [0.1, 0.15) is 34.2 Å².